The number of ether oxygens (including phenoxy) is 1. The molecule has 1 saturated carbocycles. The van der Waals surface area contributed by atoms with Crippen LogP contribution in [0.2, 0.25) is 0 Å². The van der Waals surface area contributed by atoms with Crippen LogP contribution >= 0.6 is 10.8 Å². The van der Waals surface area contributed by atoms with Gasteiger partial charge in [-0.25, -0.2) is 8.36 Å². The molecule has 8 heteroatoms. The number of methoxy groups -OCH3 is 1. The number of fused-ring (bicyclic) bond motifs is 2. The first-order valence-corrected chi connectivity index (χ1v) is 10.1. The van der Waals surface area contributed by atoms with Gasteiger partial charge in [0.1, 0.15) is 11.3 Å². The van der Waals surface area contributed by atoms with Gasteiger partial charge in [-0.05, 0) is 36.6 Å². The van der Waals surface area contributed by atoms with Crippen LogP contribution in [0, 0.1) is 17.7 Å². The molecule has 1 aromatic heterocycles. The summed E-state index contributed by atoms with van der Waals surface area (Å²) >= 11 is 0. The number of aryl methyl sites for hydroxylation is 1. The van der Waals surface area contributed by atoms with E-state index in [1.807, 2.05) is 0 Å². The van der Waals surface area contributed by atoms with Gasteiger partial charge in [0.2, 0.25) is 0 Å². The minimum Gasteiger partial charge on any atom is -0.501 e. The Bertz CT molecular complexity index is 993. The van der Waals surface area contributed by atoms with E-state index in [4.69, 9.17) is 9.84 Å². The van der Waals surface area contributed by atoms with Gasteiger partial charge in [-0.3, -0.25) is 13.9 Å². The minimum absolute atomic E-state index is 0.0401. The molecule has 2 aliphatic carbocycles. The third-order valence-corrected chi connectivity index (χ3v) is 7.10. The second-order valence-corrected chi connectivity index (χ2v) is 8.72. The van der Waals surface area contributed by atoms with Crippen molar-refractivity contribution in [2.75, 3.05) is 7.11 Å². The van der Waals surface area contributed by atoms with Gasteiger partial charge in [0, 0.05) is 29.8 Å². The number of hydrogen-bond acceptors (Lipinski definition) is 4. The highest BCUT2D eigenvalue weighted by Gasteiger charge is 2.49. The Morgan fingerprint density at radius 3 is 2.81 bits per heavy atom. The zero-order chi connectivity index (χ0) is 19.3. The van der Waals surface area contributed by atoms with Crippen molar-refractivity contribution in [3.63, 3.8) is 0 Å². The van der Waals surface area contributed by atoms with Gasteiger partial charge in [0.15, 0.2) is 0 Å². The molecule has 0 amide bonds. The molecule has 0 bridgehead atoms. The van der Waals surface area contributed by atoms with E-state index < -0.39 is 22.6 Å². The molecule has 1 aromatic carbocycles. The maximum Gasteiger partial charge on any atom is 0.303 e. The predicted octanol–water partition coefficient (Wildman–Crippen LogP) is 4.38. The summed E-state index contributed by atoms with van der Waals surface area (Å²) in [4.78, 5) is 11.4. The Hall–Kier alpha value is -2.29. The molecule has 0 aliphatic heterocycles. The number of halogens is 1. The summed E-state index contributed by atoms with van der Waals surface area (Å²) in [7, 11) is -1.89. The number of aliphatic carboxylic acids is 1. The van der Waals surface area contributed by atoms with Crippen LogP contribution in [0.4, 0.5) is 4.39 Å². The van der Waals surface area contributed by atoms with E-state index in [1.165, 1.54) is 22.3 Å². The Balaban J connectivity index is 1.82. The van der Waals surface area contributed by atoms with Gasteiger partial charge < -0.3 is 9.84 Å². The molecule has 2 unspecified atom stereocenters. The molecule has 144 valence electrons. The van der Waals surface area contributed by atoms with E-state index >= 15 is 0 Å². The topological polar surface area (TPSA) is 91.9 Å². The van der Waals surface area contributed by atoms with Gasteiger partial charge in [0.05, 0.1) is 17.8 Å². The molecule has 1 heterocycles. The lowest BCUT2D eigenvalue weighted by molar-refractivity contribution is -0.136. The lowest BCUT2D eigenvalue weighted by atomic mass is 10.1. The van der Waals surface area contributed by atoms with Crippen molar-refractivity contribution in [2.45, 2.75) is 19.3 Å². The molecule has 1 fully saturated rings. The minimum atomic E-state index is -3.48. The van der Waals surface area contributed by atoms with Crippen LogP contribution in [0.25, 0.3) is 10.9 Å². The Kier molecular flexibility index (Phi) is 4.29. The Labute approximate surface area is 157 Å². The van der Waals surface area contributed by atoms with Crippen molar-refractivity contribution in [1.29, 1.82) is 0 Å². The molecule has 3 N–H and O–H groups in total. The molecule has 4 rings (SSSR count). The van der Waals surface area contributed by atoms with Crippen LogP contribution in [0.15, 0.2) is 47.2 Å². The summed E-state index contributed by atoms with van der Waals surface area (Å²) in [5, 5.41) is 9.45. The smallest absolute Gasteiger partial charge is 0.303 e. The van der Waals surface area contributed by atoms with Gasteiger partial charge in [-0.1, -0.05) is 22.9 Å². The van der Waals surface area contributed by atoms with Crippen molar-refractivity contribution in [3.05, 3.63) is 58.6 Å². The molecule has 0 radical (unpaired) electrons. The number of nitrogens with zero attached hydrogens (tertiary/aromatic N) is 1. The number of carboxylic acids is 1. The SMILES string of the molecule is COC1=CC=C(S(O)(O)n2cc(CCC(=O)O)c3cccc(F)c32)C2CC12. The van der Waals surface area contributed by atoms with Crippen molar-refractivity contribution < 1.29 is 28.1 Å². The van der Waals surface area contributed by atoms with Gasteiger partial charge in [0.25, 0.3) is 0 Å². The highest BCUT2D eigenvalue weighted by atomic mass is 32.3. The molecule has 0 saturated heterocycles. The monoisotopic (exact) mass is 393 g/mol. The maximum absolute atomic E-state index is 14.6. The number of benzene rings is 1. The standard InChI is InChI=1S/C19H20FNO5S/c1-26-16-6-7-17(14-9-13(14)16)27(24,25)21-10-11(5-8-18(22)23)12-3-2-4-15(20)19(12)21/h2-4,6-7,10,13-14,24-25H,5,8-9H2,1H3,(H,22,23). The highest BCUT2D eigenvalue weighted by Crippen LogP contribution is 2.64. The third kappa shape index (κ3) is 2.93. The van der Waals surface area contributed by atoms with Crippen LogP contribution < -0.4 is 0 Å². The van der Waals surface area contributed by atoms with Crippen LogP contribution in [0.1, 0.15) is 18.4 Å². The molecule has 2 aromatic rings. The highest BCUT2D eigenvalue weighted by molar-refractivity contribution is 8.26. The summed E-state index contributed by atoms with van der Waals surface area (Å²) in [6, 6.07) is 4.45. The Morgan fingerprint density at radius 1 is 1.33 bits per heavy atom. The van der Waals surface area contributed by atoms with Crippen LogP contribution in [0.5, 0.6) is 0 Å². The molecular weight excluding hydrogens is 373 g/mol. The summed E-state index contributed by atoms with van der Waals surface area (Å²) in [6.07, 6.45) is 5.66. The quantitative estimate of drug-likeness (QED) is 0.678. The van der Waals surface area contributed by atoms with E-state index in [9.17, 15) is 18.3 Å². The molecule has 6 nitrogen and oxygen atoms in total. The lowest BCUT2D eigenvalue weighted by Gasteiger charge is -2.37. The van der Waals surface area contributed by atoms with Crippen LogP contribution in [-0.2, 0) is 16.0 Å². The first-order valence-electron chi connectivity index (χ1n) is 8.59. The number of hydrogen-bond donors (Lipinski definition) is 3. The zero-order valence-corrected chi connectivity index (χ0v) is 15.4. The zero-order valence-electron chi connectivity index (χ0n) is 14.6. The van der Waals surface area contributed by atoms with Gasteiger partial charge in [-0.2, -0.15) is 0 Å². The lowest BCUT2D eigenvalue weighted by Crippen LogP contribution is -2.14. The first-order chi connectivity index (χ1) is 12.8. The van der Waals surface area contributed by atoms with Crippen molar-refractivity contribution >= 4 is 27.6 Å². The van der Waals surface area contributed by atoms with E-state index in [1.54, 1.807) is 25.3 Å². The van der Waals surface area contributed by atoms with E-state index in [0.29, 0.717) is 15.9 Å². The third-order valence-electron chi connectivity index (χ3n) is 5.19. The Morgan fingerprint density at radius 2 is 2.11 bits per heavy atom. The average Bonchev–Trinajstić information content (AvgIpc) is 3.33. The summed E-state index contributed by atoms with van der Waals surface area (Å²) in [6.45, 7) is 0. The normalized spacial score (nSPS) is 22.1. The number of para-hydroxylation sites is 1. The van der Waals surface area contributed by atoms with Crippen LogP contribution in [-0.4, -0.2) is 31.3 Å². The fraction of sp³-hybridized carbons (Fsp3) is 0.316. The van der Waals surface area contributed by atoms with Crippen molar-refractivity contribution in [3.8, 4) is 0 Å². The summed E-state index contributed by atoms with van der Waals surface area (Å²) < 4.78 is 43.2. The van der Waals surface area contributed by atoms with Crippen molar-refractivity contribution in [2.24, 2.45) is 11.8 Å². The predicted molar refractivity (Wildman–Crippen MR) is 101 cm³/mol. The largest absolute Gasteiger partial charge is 0.501 e. The summed E-state index contributed by atoms with van der Waals surface area (Å²) in [5.74, 6) is -0.650. The number of rotatable bonds is 6. The van der Waals surface area contributed by atoms with Crippen LogP contribution in [0.3, 0.4) is 0 Å². The number of allylic oxidation sites excluding steroid dienone is 4. The van der Waals surface area contributed by atoms with E-state index in [2.05, 4.69) is 0 Å². The van der Waals surface area contributed by atoms with E-state index in [0.717, 1.165) is 12.2 Å². The molecular formula is C19H20FNO5S. The molecule has 0 spiro atoms. The summed E-state index contributed by atoms with van der Waals surface area (Å²) in [5.41, 5.74) is 0.654. The van der Waals surface area contributed by atoms with Gasteiger partial charge in [-0.15, -0.1) is 0 Å². The first kappa shape index (κ1) is 18.1. The van der Waals surface area contributed by atoms with Crippen molar-refractivity contribution in [1.82, 2.24) is 3.97 Å². The fourth-order valence-corrected chi connectivity index (χ4v) is 5.64. The number of carboxylic acid groups (broad SMARTS) is 1. The second kappa shape index (κ2) is 6.40. The average molecular weight is 393 g/mol. The van der Waals surface area contributed by atoms with Gasteiger partial charge >= 0.3 is 5.97 Å². The number of aromatic nitrogens is 1. The molecule has 27 heavy (non-hydrogen) atoms. The second-order valence-electron chi connectivity index (χ2n) is 6.82. The fourth-order valence-electron chi connectivity index (χ4n) is 3.78. The molecule has 2 aliphatic rings. The molecule has 2 atom stereocenters. The van der Waals surface area contributed by atoms with E-state index in [-0.39, 0.29) is 30.2 Å². The number of carbonyl (C=O) groups is 1. The maximum atomic E-state index is 14.6.